The van der Waals surface area contributed by atoms with Gasteiger partial charge in [-0.1, -0.05) is 67.9 Å². The first kappa shape index (κ1) is 42.5. The highest BCUT2D eigenvalue weighted by atomic mass is 16.5. The number of nitrogens with zero attached hydrogens (tertiary/aromatic N) is 1. The molecule has 6 aliphatic carbocycles. The van der Waals surface area contributed by atoms with Crippen LogP contribution in [-0.2, 0) is 23.9 Å². The van der Waals surface area contributed by atoms with Crippen molar-refractivity contribution in [1.29, 1.82) is 0 Å². The molecule has 0 spiro atoms. The van der Waals surface area contributed by atoms with E-state index in [0.29, 0.717) is 48.5 Å². The van der Waals surface area contributed by atoms with Crippen LogP contribution in [0, 0.1) is 68.0 Å². The number of nitrogens with one attached hydrogen (secondary N) is 1. The van der Waals surface area contributed by atoms with E-state index in [9.17, 15) is 24.3 Å². The Labute approximate surface area is 353 Å². The number of carbonyl (C=O) groups is 4. The van der Waals surface area contributed by atoms with Crippen LogP contribution in [0.15, 0.2) is 35.4 Å². The molecule has 1 amide bonds. The zero-order valence-electron chi connectivity index (χ0n) is 37.5. The van der Waals surface area contributed by atoms with Crippen molar-refractivity contribution in [2.24, 2.45) is 68.0 Å². The highest BCUT2D eigenvalue weighted by molar-refractivity contribution is 6.00. The summed E-state index contributed by atoms with van der Waals surface area (Å²) >= 11 is 0. The monoisotopic (exact) mass is 813 g/mol. The Bertz CT molecular complexity index is 1890. The molecule has 1 heterocycles. The number of hydrogen-bond donors (Lipinski definition) is 2. The fraction of sp³-hybridized carbons (Fsp3) is 0.760. The molecule has 0 unspecified atom stereocenters. The quantitative estimate of drug-likeness (QED) is 0.237. The number of anilines is 1. The van der Waals surface area contributed by atoms with E-state index >= 15 is 0 Å². The molecule has 324 valence electrons. The maximum absolute atomic E-state index is 14.2. The molecule has 6 fully saturated rings. The molecule has 0 aromatic heterocycles. The van der Waals surface area contributed by atoms with Crippen molar-refractivity contribution in [3.63, 3.8) is 0 Å². The Kier molecular flexibility index (Phi) is 10.6. The van der Waals surface area contributed by atoms with Gasteiger partial charge >= 0.3 is 11.9 Å². The summed E-state index contributed by atoms with van der Waals surface area (Å²) in [6.45, 7) is 24.3. The number of carbonyl (C=O) groups excluding carboxylic acids is 3. The minimum absolute atomic E-state index is 0.0446. The van der Waals surface area contributed by atoms with Gasteiger partial charge in [-0.15, -0.1) is 0 Å². The highest BCUT2D eigenvalue weighted by Gasteiger charge is 2.70. The topological polar surface area (TPSA) is 122 Å². The Balaban J connectivity index is 0.986. The number of hydrogen-bond acceptors (Lipinski definition) is 7. The predicted octanol–water partition coefficient (Wildman–Crippen LogP) is 9.28. The van der Waals surface area contributed by atoms with Crippen LogP contribution < -0.4 is 10.2 Å². The zero-order valence-corrected chi connectivity index (χ0v) is 37.5. The first-order valence-corrected chi connectivity index (χ1v) is 23.1. The van der Waals surface area contributed by atoms with Crippen molar-refractivity contribution in [2.45, 2.75) is 139 Å². The lowest BCUT2D eigenvalue weighted by Gasteiger charge is -2.72. The molecule has 1 saturated heterocycles. The summed E-state index contributed by atoms with van der Waals surface area (Å²) in [6, 6.07) is 7.92. The van der Waals surface area contributed by atoms with E-state index < -0.39 is 17.3 Å². The van der Waals surface area contributed by atoms with Gasteiger partial charge in [0.2, 0.25) is 0 Å². The van der Waals surface area contributed by atoms with Crippen LogP contribution in [0.5, 0.6) is 0 Å². The number of carboxylic acids is 1. The number of amides is 1. The lowest BCUT2D eigenvalue weighted by atomic mass is 9.33. The minimum Gasteiger partial charge on any atom is -0.481 e. The predicted molar refractivity (Wildman–Crippen MR) is 229 cm³/mol. The van der Waals surface area contributed by atoms with Gasteiger partial charge in [-0.05, 0) is 139 Å². The van der Waals surface area contributed by atoms with Gasteiger partial charge in [-0.25, -0.2) is 0 Å². The summed E-state index contributed by atoms with van der Waals surface area (Å²) in [6.07, 6.45) is 9.87. The summed E-state index contributed by atoms with van der Waals surface area (Å²) < 4.78 is 11.9. The summed E-state index contributed by atoms with van der Waals surface area (Å²) in [5.41, 5.74) is 3.53. The molecule has 10 atom stereocenters. The van der Waals surface area contributed by atoms with Crippen LogP contribution in [0.25, 0.3) is 0 Å². The zero-order chi connectivity index (χ0) is 42.5. The Morgan fingerprint density at radius 1 is 0.847 bits per heavy atom. The molecule has 0 radical (unpaired) electrons. The summed E-state index contributed by atoms with van der Waals surface area (Å²) in [4.78, 5) is 55.4. The van der Waals surface area contributed by atoms with Crippen LogP contribution in [0.1, 0.15) is 143 Å². The van der Waals surface area contributed by atoms with Crippen molar-refractivity contribution in [2.75, 3.05) is 37.7 Å². The number of aliphatic carboxylic acids is 1. The molecule has 1 aliphatic heterocycles. The maximum Gasteiger partial charge on any atom is 0.309 e. The molecule has 8 rings (SSSR count). The SMILES string of the molecule is CC(C)C1=C2[C@H]3CC[C@@H]4[C@@]5(C)CC[C@H](OC(=O)[C@H]6C[C@@H](C(=O)O)C6(C)C)C(C)(C)[C@@H]5CC[C@@]4(C)[C@]3(C)CC[C@@]2(CCNC(=O)c2ccc(N3CCOCC3)cc2)CC1=O. The van der Waals surface area contributed by atoms with Gasteiger partial charge in [0.25, 0.3) is 5.91 Å². The highest BCUT2D eigenvalue weighted by Crippen LogP contribution is 2.77. The number of ketones is 1. The summed E-state index contributed by atoms with van der Waals surface area (Å²) in [7, 11) is 0. The van der Waals surface area contributed by atoms with E-state index in [2.05, 4.69) is 58.7 Å². The third kappa shape index (κ3) is 6.46. The number of Topliss-reactive ketones (excluding diaryl/α,β-unsaturated/α-hetero) is 1. The molecule has 59 heavy (non-hydrogen) atoms. The van der Waals surface area contributed by atoms with E-state index in [1.54, 1.807) is 0 Å². The van der Waals surface area contributed by atoms with Gasteiger partial charge < -0.3 is 24.8 Å². The second-order valence-corrected chi connectivity index (χ2v) is 22.4. The van der Waals surface area contributed by atoms with E-state index in [4.69, 9.17) is 9.47 Å². The normalized spacial score (nSPS) is 39.6. The molecule has 0 bridgehead atoms. The van der Waals surface area contributed by atoms with Gasteiger partial charge in [0.15, 0.2) is 5.78 Å². The number of allylic oxidation sites excluding steroid dienone is 2. The number of rotatable bonds is 9. The van der Waals surface area contributed by atoms with E-state index in [1.807, 2.05) is 38.1 Å². The fourth-order valence-electron chi connectivity index (χ4n) is 15.4. The second-order valence-electron chi connectivity index (χ2n) is 22.4. The lowest BCUT2D eigenvalue weighted by Crippen LogP contribution is -2.66. The third-order valence-electron chi connectivity index (χ3n) is 19.0. The van der Waals surface area contributed by atoms with Crippen molar-refractivity contribution >= 4 is 29.3 Å². The van der Waals surface area contributed by atoms with Crippen molar-refractivity contribution in [3.05, 3.63) is 41.0 Å². The van der Waals surface area contributed by atoms with E-state index in [0.717, 1.165) is 95.4 Å². The van der Waals surface area contributed by atoms with Crippen LogP contribution in [0.3, 0.4) is 0 Å². The maximum atomic E-state index is 14.2. The summed E-state index contributed by atoms with van der Waals surface area (Å²) in [5.74, 6) is -0.225. The summed E-state index contributed by atoms with van der Waals surface area (Å²) in [5, 5.41) is 12.9. The van der Waals surface area contributed by atoms with Crippen LogP contribution in [-0.4, -0.2) is 67.7 Å². The smallest absolute Gasteiger partial charge is 0.309 e. The number of morpholine rings is 1. The van der Waals surface area contributed by atoms with Crippen molar-refractivity contribution < 1.29 is 33.8 Å². The molecule has 9 heteroatoms. The fourth-order valence-corrected chi connectivity index (χ4v) is 15.4. The molecule has 7 aliphatic rings. The minimum atomic E-state index is -0.827. The van der Waals surface area contributed by atoms with Gasteiger partial charge in [0.1, 0.15) is 6.10 Å². The number of carboxylic acid groups (broad SMARTS) is 1. The standard InChI is InChI=1S/C50H72N2O7/c1-30(2)40-36(53)29-50(22-23-51-42(54)31-10-12-32(13-11-31)52-24-26-58-27-25-52)21-20-48(8)33(41(40)50)14-15-38-47(7)18-17-39(46(5,6)37(47)16-19-49(38,48)9)59-44(57)35-28-34(43(55)56)45(35,3)4/h10-13,30,33-35,37-39H,14-29H2,1-9H3,(H,51,54)(H,55,56)/t33-,34+,35-,37+,38-,39+,47+,48-,49-,50-/m1/s1. The lowest BCUT2D eigenvalue weighted by molar-refractivity contribution is -0.236. The molecule has 2 N–H and O–H groups in total. The van der Waals surface area contributed by atoms with E-state index in [-0.39, 0.29) is 56.9 Å². The molecule has 1 aromatic rings. The van der Waals surface area contributed by atoms with Gasteiger partial charge in [-0.3, -0.25) is 19.2 Å². The largest absolute Gasteiger partial charge is 0.481 e. The third-order valence-corrected chi connectivity index (χ3v) is 19.0. The van der Waals surface area contributed by atoms with Gasteiger partial charge in [-0.2, -0.15) is 0 Å². The first-order chi connectivity index (χ1) is 27.7. The molecule has 9 nitrogen and oxygen atoms in total. The van der Waals surface area contributed by atoms with E-state index in [1.165, 1.54) is 5.57 Å². The number of ether oxygens (including phenoxy) is 2. The molecular weight excluding hydrogens is 741 g/mol. The Hall–Kier alpha value is -3.20. The molecule has 1 aromatic carbocycles. The van der Waals surface area contributed by atoms with Crippen LogP contribution in [0.2, 0.25) is 0 Å². The average molecular weight is 813 g/mol. The van der Waals surface area contributed by atoms with Gasteiger partial charge in [0, 0.05) is 48.1 Å². The number of esters is 1. The molecular formula is C50H72N2O7. The number of benzene rings is 1. The second kappa shape index (κ2) is 14.7. The van der Waals surface area contributed by atoms with Crippen molar-refractivity contribution in [3.8, 4) is 0 Å². The first-order valence-electron chi connectivity index (χ1n) is 23.1. The van der Waals surface area contributed by atoms with Crippen LogP contribution >= 0.6 is 0 Å². The van der Waals surface area contributed by atoms with Crippen molar-refractivity contribution in [1.82, 2.24) is 5.32 Å². The van der Waals surface area contributed by atoms with Gasteiger partial charge in [0.05, 0.1) is 25.0 Å². The Morgan fingerprint density at radius 2 is 1.54 bits per heavy atom. The van der Waals surface area contributed by atoms with Crippen LogP contribution in [0.4, 0.5) is 5.69 Å². The number of fused-ring (bicyclic) bond motifs is 7. The Morgan fingerprint density at radius 3 is 2.19 bits per heavy atom. The average Bonchev–Trinajstić information content (AvgIpc) is 3.48. The molecule has 5 saturated carbocycles.